The van der Waals surface area contributed by atoms with E-state index in [4.69, 9.17) is 4.74 Å². The van der Waals surface area contributed by atoms with Crippen molar-refractivity contribution < 1.29 is 9.53 Å². The van der Waals surface area contributed by atoms with E-state index < -0.39 is 0 Å². The Morgan fingerprint density at radius 1 is 1.08 bits per heavy atom. The molecule has 3 rings (SSSR count). The number of rotatable bonds is 8. The molecule has 1 aliphatic heterocycles. The molecular formula is C21H27ClN2O2. The number of carbonyl (C=O) groups is 1. The van der Waals surface area contributed by atoms with Crippen LogP contribution in [0.25, 0.3) is 0 Å². The number of hydrogen-bond donors (Lipinski definition) is 2. The fourth-order valence-electron chi connectivity index (χ4n) is 3.02. The van der Waals surface area contributed by atoms with Crippen molar-refractivity contribution in [2.24, 2.45) is 5.92 Å². The topological polar surface area (TPSA) is 50.4 Å². The van der Waals surface area contributed by atoms with Crippen LogP contribution < -0.4 is 15.4 Å². The third kappa shape index (κ3) is 6.70. The van der Waals surface area contributed by atoms with Crippen molar-refractivity contribution in [2.45, 2.75) is 32.4 Å². The molecule has 0 aliphatic carbocycles. The van der Waals surface area contributed by atoms with Crippen molar-refractivity contribution in [3.8, 4) is 5.75 Å². The first-order chi connectivity index (χ1) is 12.3. The summed E-state index contributed by atoms with van der Waals surface area (Å²) in [4.78, 5) is 11.9. The van der Waals surface area contributed by atoms with E-state index in [-0.39, 0.29) is 18.3 Å². The summed E-state index contributed by atoms with van der Waals surface area (Å²) < 4.78 is 5.74. The molecule has 0 aromatic heterocycles. The first-order valence-corrected chi connectivity index (χ1v) is 9.03. The van der Waals surface area contributed by atoms with Gasteiger partial charge in [-0.15, -0.1) is 12.4 Å². The lowest BCUT2D eigenvalue weighted by Gasteiger charge is -2.10. The third-order valence-electron chi connectivity index (χ3n) is 4.60. The molecule has 26 heavy (non-hydrogen) atoms. The van der Waals surface area contributed by atoms with E-state index in [9.17, 15) is 4.79 Å². The van der Waals surface area contributed by atoms with E-state index in [1.165, 1.54) is 6.42 Å². The van der Waals surface area contributed by atoms with Crippen LogP contribution in [0.1, 0.15) is 30.4 Å². The molecular weight excluding hydrogens is 348 g/mol. The minimum atomic E-state index is 0. The van der Waals surface area contributed by atoms with Gasteiger partial charge >= 0.3 is 0 Å². The molecule has 0 radical (unpaired) electrons. The van der Waals surface area contributed by atoms with Gasteiger partial charge in [-0.05, 0) is 55.1 Å². The minimum absolute atomic E-state index is 0. The van der Waals surface area contributed by atoms with Crippen LogP contribution in [0, 0.1) is 5.92 Å². The van der Waals surface area contributed by atoms with Gasteiger partial charge in [-0.25, -0.2) is 0 Å². The maximum atomic E-state index is 11.9. The summed E-state index contributed by atoms with van der Waals surface area (Å²) >= 11 is 0. The fraction of sp³-hybridized carbons (Fsp3) is 0.381. The third-order valence-corrected chi connectivity index (χ3v) is 4.60. The number of hydrogen-bond acceptors (Lipinski definition) is 3. The summed E-state index contributed by atoms with van der Waals surface area (Å²) in [6.45, 7) is 3.28. The average molecular weight is 375 g/mol. The highest BCUT2D eigenvalue weighted by atomic mass is 35.5. The summed E-state index contributed by atoms with van der Waals surface area (Å²) in [7, 11) is 0. The zero-order valence-corrected chi connectivity index (χ0v) is 15.8. The number of ether oxygens (including phenoxy) is 1. The molecule has 1 amide bonds. The van der Waals surface area contributed by atoms with Gasteiger partial charge < -0.3 is 15.4 Å². The van der Waals surface area contributed by atoms with Crippen LogP contribution in [0.5, 0.6) is 5.75 Å². The highest BCUT2D eigenvalue weighted by Crippen LogP contribution is 2.14. The van der Waals surface area contributed by atoms with Gasteiger partial charge in [-0.2, -0.15) is 0 Å². The lowest BCUT2D eigenvalue weighted by molar-refractivity contribution is -0.121. The Labute approximate surface area is 161 Å². The molecule has 2 N–H and O–H groups in total. The van der Waals surface area contributed by atoms with E-state index in [2.05, 4.69) is 22.8 Å². The van der Waals surface area contributed by atoms with Gasteiger partial charge in [0.1, 0.15) is 12.4 Å². The second-order valence-corrected chi connectivity index (χ2v) is 6.59. The molecule has 2 aromatic rings. The molecule has 140 valence electrons. The quantitative estimate of drug-likeness (QED) is 0.740. The Kier molecular flexibility index (Phi) is 8.45. The van der Waals surface area contributed by atoms with Crippen LogP contribution in [0.15, 0.2) is 54.6 Å². The van der Waals surface area contributed by atoms with Crippen LogP contribution in [0.3, 0.4) is 0 Å². The van der Waals surface area contributed by atoms with E-state index >= 15 is 0 Å². The molecule has 1 atom stereocenters. The van der Waals surface area contributed by atoms with Gasteiger partial charge in [0.25, 0.3) is 0 Å². The Hall–Kier alpha value is -2.04. The predicted molar refractivity (Wildman–Crippen MR) is 107 cm³/mol. The van der Waals surface area contributed by atoms with E-state index in [0.29, 0.717) is 25.5 Å². The van der Waals surface area contributed by atoms with Crippen molar-refractivity contribution >= 4 is 18.3 Å². The molecule has 0 saturated carbocycles. The summed E-state index contributed by atoms with van der Waals surface area (Å²) in [5.41, 5.74) is 2.23. The van der Waals surface area contributed by atoms with Crippen LogP contribution >= 0.6 is 12.4 Å². The lowest BCUT2D eigenvalue weighted by atomic mass is 10.0. The van der Waals surface area contributed by atoms with Crippen LogP contribution in [-0.2, 0) is 17.9 Å². The van der Waals surface area contributed by atoms with Crippen molar-refractivity contribution in [3.63, 3.8) is 0 Å². The molecule has 1 unspecified atom stereocenters. The second-order valence-electron chi connectivity index (χ2n) is 6.59. The van der Waals surface area contributed by atoms with Gasteiger partial charge in [0.2, 0.25) is 5.91 Å². The number of nitrogens with one attached hydrogen (secondary N) is 2. The Morgan fingerprint density at radius 2 is 1.81 bits per heavy atom. The standard InChI is InChI=1S/C21H26N2O2.ClH/c24-21(11-10-18-12-13-22-14-18)23-15-17-6-8-19(9-7-17)16-25-20-4-2-1-3-5-20;/h1-9,18,22H,10-16H2,(H,23,24);1H. The van der Waals surface area contributed by atoms with E-state index in [1.807, 2.05) is 42.5 Å². The fourth-order valence-corrected chi connectivity index (χ4v) is 3.02. The smallest absolute Gasteiger partial charge is 0.220 e. The van der Waals surface area contributed by atoms with Gasteiger partial charge in [-0.3, -0.25) is 4.79 Å². The number of amides is 1. The van der Waals surface area contributed by atoms with E-state index in [1.54, 1.807) is 0 Å². The molecule has 2 aromatic carbocycles. The number of para-hydroxylation sites is 1. The largest absolute Gasteiger partial charge is 0.489 e. The van der Waals surface area contributed by atoms with Crippen LogP contribution in [0.2, 0.25) is 0 Å². The minimum Gasteiger partial charge on any atom is -0.489 e. The number of benzene rings is 2. The molecule has 1 fully saturated rings. The molecule has 0 spiro atoms. The van der Waals surface area contributed by atoms with Crippen molar-refractivity contribution in [1.29, 1.82) is 0 Å². The summed E-state index contributed by atoms with van der Waals surface area (Å²) in [6.07, 6.45) is 2.80. The van der Waals surface area contributed by atoms with Crippen LogP contribution in [-0.4, -0.2) is 19.0 Å². The second kappa shape index (κ2) is 10.8. The number of carbonyl (C=O) groups excluding carboxylic acids is 1. The van der Waals surface area contributed by atoms with Gasteiger partial charge in [0.05, 0.1) is 0 Å². The molecule has 0 bridgehead atoms. The molecule has 5 heteroatoms. The van der Waals surface area contributed by atoms with Gasteiger partial charge in [0, 0.05) is 13.0 Å². The normalized spacial score (nSPS) is 15.9. The molecule has 1 heterocycles. The first kappa shape index (κ1) is 20.3. The maximum absolute atomic E-state index is 11.9. The summed E-state index contributed by atoms with van der Waals surface area (Å²) in [5, 5.41) is 6.35. The van der Waals surface area contributed by atoms with Crippen molar-refractivity contribution in [1.82, 2.24) is 10.6 Å². The van der Waals surface area contributed by atoms with Crippen molar-refractivity contribution in [2.75, 3.05) is 13.1 Å². The summed E-state index contributed by atoms with van der Waals surface area (Å²) in [5.74, 6) is 1.68. The molecule has 1 aliphatic rings. The Balaban J connectivity index is 0.00000243. The highest BCUT2D eigenvalue weighted by Gasteiger charge is 2.15. The Bertz CT molecular complexity index is 655. The molecule has 1 saturated heterocycles. The average Bonchev–Trinajstić information content (AvgIpc) is 3.18. The zero-order valence-electron chi connectivity index (χ0n) is 14.9. The molecule has 4 nitrogen and oxygen atoms in total. The maximum Gasteiger partial charge on any atom is 0.220 e. The highest BCUT2D eigenvalue weighted by molar-refractivity contribution is 5.85. The number of halogens is 1. The van der Waals surface area contributed by atoms with Crippen LogP contribution in [0.4, 0.5) is 0 Å². The predicted octanol–water partition coefficient (Wildman–Crippen LogP) is 3.69. The Morgan fingerprint density at radius 3 is 2.50 bits per heavy atom. The van der Waals surface area contributed by atoms with Gasteiger partial charge in [0.15, 0.2) is 0 Å². The summed E-state index contributed by atoms with van der Waals surface area (Å²) in [6, 6.07) is 18.0. The lowest BCUT2D eigenvalue weighted by Crippen LogP contribution is -2.23. The van der Waals surface area contributed by atoms with Crippen molar-refractivity contribution in [3.05, 3.63) is 65.7 Å². The van der Waals surface area contributed by atoms with Gasteiger partial charge in [-0.1, -0.05) is 42.5 Å². The first-order valence-electron chi connectivity index (χ1n) is 9.03. The zero-order chi connectivity index (χ0) is 17.3. The SMILES string of the molecule is Cl.O=C(CCC1CCNC1)NCc1ccc(COc2ccccc2)cc1. The monoisotopic (exact) mass is 374 g/mol. The van der Waals surface area contributed by atoms with E-state index in [0.717, 1.165) is 36.4 Å².